The van der Waals surface area contributed by atoms with Gasteiger partial charge in [-0.1, -0.05) is 59.6 Å². The molecule has 0 spiro atoms. The molecule has 0 fully saturated rings. The van der Waals surface area contributed by atoms with E-state index in [1.54, 1.807) is 24.3 Å². The first-order valence-corrected chi connectivity index (χ1v) is 7.12. The van der Waals surface area contributed by atoms with E-state index >= 15 is 0 Å². The van der Waals surface area contributed by atoms with Gasteiger partial charge in [0.25, 0.3) is 0 Å². The second-order valence-electron chi connectivity index (χ2n) is 4.42. The molecule has 0 atom stereocenters. The summed E-state index contributed by atoms with van der Waals surface area (Å²) in [7, 11) is 0. The molecule has 0 bridgehead atoms. The zero-order chi connectivity index (χ0) is 14.4. The molecule has 102 valence electrons. The van der Waals surface area contributed by atoms with Crippen molar-refractivity contribution in [2.45, 2.75) is 12.8 Å². The Morgan fingerprint density at radius 3 is 2.55 bits per heavy atom. The summed E-state index contributed by atoms with van der Waals surface area (Å²) < 4.78 is 0. The molecule has 1 nitrogen and oxygen atoms in total. The number of carbonyl (C=O) groups is 1. The van der Waals surface area contributed by atoms with Crippen LogP contribution in [0.4, 0.5) is 0 Å². The first kappa shape index (κ1) is 14.8. The van der Waals surface area contributed by atoms with E-state index in [-0.39, 0.29) is 5.78 Å². The molecule has 3 heteroatoms. The van der Waals surface area contributed by atoms with Crippen LogP contribution in [0.3, 0.4) is 0 Å². The average molecular weight is 305 g/mol. The number of hydrogen-bond acceptors (Lipinski definition) is 1. The Labute approximate surface area is 128 Å². The summed E-state index contributed by atoms with van der Waals surface area (Å²) in [5.74, 6) is -0.120. The summed E-state index contributed by atoms with van der Waals surface area (Å²) in [5.41, 5.74) is 1.69. The second kappa shape index (κ2) is 7.28. The van der Waals surface area contributed by atoms with Crippen molar-refractivity contribution in [1.29, 1.82) is 0 Å². The maximum Gasteiger partial charge on any atom is 0.187 e. The van der Waals surface area contributed by atoms with Crippen molar-refractivity contribution >= 4 is 29.0 Å². The van der Waals surface area contributed by atoms with Crippen LogP contribution in [0.2, 0.25) is 10.0 Å². The molecule has 2 aromatic rings. The smallest absolute Gasteiger partial charge is 0.187 e. The van der Waals surface area contributed by atoms with Crippen LogP contribution in [0.5, 0.6) is 0 Å². The summed E-state index contributed by atoms with van der Waals surface area (Å²) in [4.78, 5) is 12.0. The highest BCUT2D eigenvalue weighted by molar-refractivity contribution is 6.36. The molecule has 0 saturated heterocycles. The maximum atomic E-state index is 12.0. The Morgan fingerprint density at radius 1 is 1.05 bits per heavy atom. The van der Waals surface area contributed by atoms with Gasteiger partial charge in [-0.2, -0.15) is 0 Å². The fourth-order valence-electron chi connectivity index (χ4n) is 1.86. The third-order valence-electron chi connectivity index (χ3n) is 2.91. The molecule has 0 heterocycles. The van der Waals surface area contributed by atoms with Gasteiger partial charge in [-0.05, 0) is 42.7 Å². The zero-order valence-corrected chi connectivity index (χ0v) is 12.4. The number of hydrogen-bond donors (Lipinski definition) is 0. The van der Waals surface area contributed by atoms with Crippen LogP contribution >= 0.6 is 23.2 Å². The van der Waals surface area contributed by atoms with Gasteiger partial charge >= 0.3 is 0 Å². The van der Waals surface area contributed by atoms with Gasteiger partial charge in [-0.25, -0.2) is 0 Å². The molecule has 0 aliphatic carbocycles. The molecule has 0 aromatic heterocycles. The normalized spacial score (nSPS) is 10.9. The Bertz CT molecular complexity index is 618. The topological polar surface area (TPSA) is 17.1 Å². The minimum atomic E-state index is -0.120. The van der Waals surface area contributed by atoms with Gasteiger partial charge in [0.1, 0.15) is 0 Å². The lowest BCUT2D eigenvalue weighted by Crippen LogP contribution is -1.95. The van der Waals surface area contributed by atoms with E-state index in [2.05, 4.69) is 12.1 Å². The molecule has 0 N–H and O–H groups in total. The summed E-state index contributed by atoms with van der Waals surface area (Å²) in [5, 5.41) is 0.933. The maximum absolute atomic E-state index is 12.0. The quantitative estimate of drug-likeness (QED) is 0.536. The second-order valence-corrected chi connectivity index (χ2v) is 5.26. The lowest BCUT2D eigenvalue weighted by atomic mass is 10.1. The van der Waals surface area contributed by atoms with Crippen LogP contribution in [0.15, 0.2) is 60.7 Å². The zero-order valence-electron chi connectivity index (χ0n) is 10.9. The highest BCUT2D eigenvalue weighted by Crippen LogP contribution is 2.21. The molecule has 0 saturated carbocycles. The molecule has 0 unspecified atom stereocenters. The first-order valence-electron chi connectivity index (χ1n) is 6.36. The number of carbonyl (C=O) groups excluding carboxylic acids is 1. The van der Waals surface area contributed by atoms with Crippen molar-refractivity contribution in [3.8, 4) is 0 Å². The van der Waals surface area contributed by atoms with Gasteiger partial charge in [-0.3, -0.25) is 4.79 Å². The molecule has 0 radical (unpaired) electrons. The third kappa shape index (κ3) is 4.22. The molecule has 2 rings (SSSR count). The lowest BCUT2D eigenvalue weighted by molar-refractivity contribution is 0.104. The fraction of sp³-hybridized carbons (Fsp3) is 0.118. The minimum absolute atomic E-state index is 0.120. The lowest BCUT2D eigenvalue weighted by Gasteiger charge is -2.00. The number of halogens is 2. The Balaban J connectivity index is 1.94. The van der Waals surface area contributed by atoms with Crippen LogP contribution in [0.1, 0.15) is 22.3 Å². The predicted molar refractivity (Wildman–Crippen MR) is 84.7 cm³/mol. The monoisotopic (exact) mass is 304 g/mol. The Kier molecular flexibility index (Phi) is 5.40. The molecule has 0 amide bonds. The Hall–Kier alpha value is -1.57. The largest absolute Gasteiger partial charge is 0.289 e. The number of rotatable bonds is 5. The van der Waals surface area contributed by atoms with E-state index in [9.17, 15) is 4.79 Å². The van der Waals surface area contributed by atoms with Crippen LogP contribution in [0, 0.1) is 0 Å². The molecule has 0 aliphatic rings. The summed E-state index contributed by atoms with van der Waals surface area (Å²) >= 11 is 11.9. The van der Waals surface area contributed by atoms with Crippen LogP contribution in [-0.4, -0.2) is 5.78 Å². The number of allylic oxidation sites excluding steroid dienone is 2. The van der Waals surface area contributed by atoms with Crippen molar-refractivity contribution in [1.82, 2.24) is 0 Å². The average Bonchev–Trinajstić information content (AvgIpc) is 2.47. The van der Waals surface area contributed by atoms with E-state index in [0.29, 0.717) is 15.6 Å². The highest BCUT2D eigenvalue weighted by atomic mass is 35.5. The van der Waals surface area contributed by atoms with Crippen molar-refractivity contribution in [3.63, 3.8) is 0 Å². The molecular weight excluding hydrogens is 291 g/mol. The van der Waals surface area contributed by atoms with Gasteiger partial charge in [0.05, 0.1) is 5.02 Å². The summed E-state index contributed by atoms with van der Waals surface area (Å²) in [6.07, 6.45) is 5.15. The summed E-state index contributed by atoms with van der Waals surface area (Å²) in [6.45, 7) is 0. The fourth-order valence-corrected chi connectivity index (χ4v) is 2.24. The SMILES string of the molecule is O=C(/C=C\CCc1ccccc1)c1cc(Cl)ccc1Cl. The van der Waals surface area contributed by atoms with Crippen LogP contribution in [-0.2, 0) is 6.42 Å². The number of benzene rings is 2. The van der Waals surface area contributed by atoms with Crippen molar-refractivity contribution in [2.24, 2.45) is 0 Å². The van der Waals surface area contributed by atoms with Crippen LogP contribution in [0.25, 0.3) is 0 Å². The van der Waals surface area contributed by atoms with Crippen molar-refractivity contribution < 1.29 is 4.79 Å². The van der Waals surface area contributed by atoms with Crippen LogP contribution < -0.4 is 0 Å². The molecule has 20 heavy (non-hydrogen) atoms. The third-order valence-corrected chi connectivity index (χ3v) is 3.47. The standard InChI is InChI=1S/C17H14Cl2O/c18-14-10-11-16(19)15(12-14)17(20)9-5-4-8-13-6-2-1-3-7-13/h1-3,5-7,9-12H,4,8H2/b9-5-. The molecular formula is C17H14Cl2O. The van der Waals surface area contributed by atoms with E-state index in [4.69, 9.17) is 23.2 Å². The van der Waals surface area contributed by atoms with Crippen molar-refractivity contribution in [3.05, 3.63) is 81.9 Å². The van der Waals surface area contributed by atoms with E-state index < -0.39 is 0 Å². The first-order chi connectivity index (χ1) is 9.66. The summed E-state index contributed by atoms with van der Waals surface area (Å²) in [6, 6.07) is 15.0. The highest BCUT2D eigenvalue weighted by Gasteiger charge is 2.07. The van der Waals surface area contributed by atoms with Gasteiger partial charge in [0.15, 0.2) is 5.78 Å². The molecule has 0 aliphatic heterocycles. The minimum Gasteiger partial charge on any atom is -0.289 e. The molecule has 2 aromatic carbocycles. The predicted octanol–water partition coefficient (Wildman–Crippen LogP) is 5.37. The van der Waals surface area contributed by atoms with E-state index in [1.165, 1.54) is 5.56 Å². The van der Waals surface area contributed by atoms with Gasteiger partial charge in [0.2, 0.25) is 0 Å². The van der Waals surface area contributed by atoms with Gasteiger partial charge < -0.3 is 0 Å². The Morgan fingerprint density at radius 2 is 1.80 bits per heavy atom. The van der Waals surface area contributed by atoms with E-state index in [0.717, 1.165) is 12.8 Å². The van der Waals surface area contributed by atoms with Crippen molar-refractivity contribution in [2.75, 3.05) is 0 Å². The number of aryl methyl sites for hydroxylation is 1. The van der Waals surface area contributed by atoms with Gasteiger partial charge in [-0.15, -0.1) is 0 Å². The number of ketones is 1. The van der Waals surface area contributed by atoms with E-state index in [1.807, 2.05) is 24.3 Å². The van der Waals surface area contributed by atoms with Gasteiger partial charge in [0, 0.05) is 10.6 Å².